The van der Waals surface area contributed by atoms with Crippen LogP contribution >= 0.6 is 0 Å². The van der Waals surface area contributed by atoms with Crippen molar-refractivity contribution in [3.63, 3.8) is 0 Å². The van der Waals surface area contributed by atoms with Gasteiger partial charge in [0.2, 0.25) is 0 Å². The fraction of sp³-hybridized carbons (Fsp3) is 0.333. The van der Waals surface area contributed by atoms with Gasteiger partial charge in [0.1, 0.15) is 0 Å². The van der Waals surface area contributed by atoms with Gasteiger partial charge in [-0.2, -0.15) is 13.2 Å². The molecule has 2 aliphatic rings. The van der Waals surface area contributed by atoms with Crippen molar-refractivity contribution in [2.75, 3.05) is 42.9 Å². The zero-order valence-electron chi connectivity index (χ0n) is 19.5. The maximum atomic E-state index is 12.6. The molecular weight excluding hydrogens is 497 g/mol. The first kappa shape index (κ1) is 27.5. The van der Waals surface area contributed by atoms with Gasteiger partial charge < -0.3 is 30.6 Å². The van der Waals surface area contributed by atoms with Gasteiger partial charge in [-0.3, -0.25) is 14.4 Å². The Hall–Kier alpha value is -4.13. The van der Waals surface area contributed by atoms with Crippen LogP contribution in [0, 0.1) is 0 Å². The lowest BCUT2D eigenvalue weighted by Crippen LogP contribution is -2.43. The molecule has 10 nitrogen and oxygen atoms in total. The number of carboxylic acids is 2. The first-order chi connectivity index (χ1) is 17.5. The topological polar surface area (TPSA) is 139 Å². The number of anilines is 2. The minimum Gasteiger partial charge on any atom is -0.481 e. The average Bonchev–Trinajstić information content (AvgIpc) is 3.18. The summed E-state index contributed by atoms with van der Waals surface area (Å²) < 4.78 is 31.7. The highest BCUT2D eigenvalue weighted by molar-refractivity contribution is 6.06. The van der Waals surface area contributed by atoms with Gasteiger partial charge >= 0.3 is 18.1 Å². The fourth-order valence-corrected chi connectivity index (χ4v) is 3.80. The second-order valence-electron chi connectivity index (χ2n) is 8.28. The summed E-state index contributed by atoms with van der Waals surface area (Å²) in [4.78, 5) is 48.6. The summed E-state index contributed by atoms with van der Waals surface area (Å²) in [6, 6.07) is 12.7. The van der Waals surface area contributed by atoms with Crippen LogP contribution in [-0.4, -0.2) is 77.8 Å². The third-order valence-corrected chi connectivity index (χ3v) is 5.70. The van der Waals surface area contributed by atoms with Crippen molar-refractivity contribution in [1.29, 1.82) is 0 Å². The number of fused-ring (bicyclic) bond motifs is 1. The molecule has 198 valence electrons. The van der Waals surface area contributed by atoms with Crippen LogP contribution in [0.1, 0.15) is 32.7 Å². The van der Waals surface area contributed by atoms with Crippen LogP contribution < -0.4 is 15.5 Å². The molecule has 4 rings (SSSR count). The van der Waals surface area contributed by atoms with Crippen LogP contribution in [0.4, 0.5) is 24.5 Å². The number of aliphatic carboxylic acids is 2. The van der Waals surface area contributed by atoms with Gasteiger partial charge in [0.25, 0.3) is 11.8 Å². The Morgan fingerprint density at radius 1 is 1.00 bits per heavy atom. The third-order valence-electron chi connectivity index (χ3n) is 5.70. The van der Waals surface area contributed by atoms with Gasteiger partial charge in [0, 0.05) is 61.8 Å². The maximum absolute atomic E-state index is 12.6. The second-order valence-corrected chi connectivity index (χ2v) is 8.28. The monoisotopic (exact) mass is 522 g/mol. The van der Waals surface area contributed by atoms with Gasteiger partial charge in [-0.25, -0.2) is 4.79 Å². The number of benzene rings is 2. The summed E-state index contributed by atoms with van der Waals surface area (Å²) in [6.07, 6.45) is -5.17. The standard InChI is InChI=1S/C22H24N4O4.C2HF3O2/c27-20(28)7-10-26-14-16-1-4-17(13-19(16)22(26)30)24-21(29)15-2-5-18(6-3-15)25-11-8-23-9-12-25;3-2(4,5)1(6)7/h1-6,13,23H,7-12,14H2,(H,24,29)(H,27,28);(H,6,7). The largest absolute Gasteiger partial charge is 0.490 e. The average molecular weight is 522 g/mol. The number of rotatable bonds is 6. The second kappa shape index (κ2) is 11.7. The minimum atomic E-state index is -5.08. The Balaban J connectivity index is 0.000000479. The van der Waals surface area contributed by atoms with Crippen molar-refractivity contribution in [3.8, 4) is 0 Å². The predicted octanol–water partition coefficient (Wildman–Crippen LogP) is 2.41. The summed E-state index contributed by atoms with van der Waals surface area (Å²) in [5, 5.41) is 22.1. The van der Waals surface area contributed by atoms with Crippen molar-refractivity contribution in [1.82, 2.24) is 10.2 Å². The Morgan fingerprint density at radius 3 is 2.19 bits per heavy atom. The lowest BCUT2D eigenvalue weighted by Gasteiger charge is -2.29. The summed E-state index contributed by atoms with van der Waals surface area (Å²) in [5.41, 5.74) is 3.52. The number of carbonyl (C=O) groups is 4. The fourth-order valence-electron chi connectivity index (χ4n) is 3.80. The first-order valence-electron chi connectivity index (χ1n) is 11.3. The lowest BCUT2D eigenvalue weighted by atomic mass is 10.1. The van der Waals surface area contributed by atoms with E-state index in [-0.39, 0.29) is 24.8 Å². The third kappa shape index (κ3) is 7.43. The van der Waals surface area contributed by atoms with Gasteiger partial charge in [0.05, 0.1) is 6.42 Å². The molecule has 0 aliphatic carbocycles. The number of carboxylic acid groups (broad SMARTS) is 2. The number of hydrogen-bond acceptors (Lipinski definition) is 6. The molecule has 2 heterocycles. The molecule has 1 fully saturated rings. The van der Waals surface area contributed by atoms with Gasteiger partial charge in [-0.1, -0.05) is 6.07 Å². The molecule has 0 spiro atoms. The minimum absolute atomic E-state index is 0.0900. The highest BCUT2D eigenvalue weighted by Crippen LogP contribution is 2.26. The summed E-state index contributed by atoms with van der Waals surface area (Å²) in [5.74, 6) is -4.14. The quantitative estimate of drug-likeness (QED) is 0.454. The molecule has 2 aliphatic heterocycles. The van der Waals surface area contributed by atoms with Gasteiger partial charge in [-0.15, -0.1) is 0 Å². The molecule has 0 unspecified atom stereocenters. The van der Waals surface area contributed by atoms with Crippen LogP contribution in [0.15, 0.2) is 42.5 Å². The van der Waals surface area contributed by atoms with E-state index >= 15 is 0 Å². The van der Waals surface area contributed by atoms with Crippen LogP contribution in [0.5, 0.6) is 0 Å². The van der Waals surface area contributed by atoms with Crippen LogP contribution in [0.2, 0.25) is 0 Å². The summed E-state index contributed by atoms with van der Waals surface area (Å²) in [7, 11) is 0. The first-order valence-corrected chi connectivity index (χ1v) is 11.3. The van der Waals surface area contributed by atoms with E-state index in [4.69, 9.17) is 15.0 Å². The van der Waals surface area contributed by atoms with E-state index in [0.717, 1.165) is 37.4 Å². The molecule has 4 N–H and O–H groups in total. The molecule has 0 radical (unpaired) electrons. The van der Waals surface area contributed by atoms with Crippen molar-refractivity contribution >= 4 is 35.1 Å². The van der Waals surface area contributed by atoms with E-state index in [1.54, 1.807) is 30.3 Å². The molecule has 0 atom stereocenters. The predicted molar refractivity (Wildman–Crippen MR) is 127 cm³/mol. The van der Waals surface area contributed by atoms with E-state index < -0.39 is 18.1 Å². The van der Waals surface area contributed by atoms with E-state index in [1.807, 2.05) is 12.1 Å². The smallest absolute Gasteiger partial charge is 0.481 e. The molecule has 37 heavy (non-hydrogen) atoms. The molecule has 0 saturated carbocycles. The van der Waals surface area contributed by atoms with E-state index in [0.29, 0.717) is 23.4 Å². The van der Waals surface area contributed by atoms with Crippen LogP contribution in [0.3, 0.4) is 0 Å². The maximum Gasteiger partial charge on any atom is 0.490 e. The molecule has 2 aromatic carbocycles. The highest BCUT2D eigenvalue weighted by atomic mass is 19.4. The van der Waals surface area contributed by atoms with Gasteiger partial charge in [0.15, 0.2) is 0 Å². The number of alkyl halides is 3. The van der Waals surface area contributed by atoms with Gasteiger partial charge in [-0.05, 0) is 42.0 Å². The van der Waals surface area contributed by atoms with Crippen molar-refractivity contribution in [2.24, 2.45) is 0 Å². The van der Waals surface area contributed by atoms with E-state index in [2.05, 4.69) is 15.5 Å². The molecule has 2 aromatic rings. The number of carbonyl (C=O) groups excluding carboxylic acids is 2. The highest BCUT2D eigenvalue weighted by Gasteiger charge is 2.38. The normalized spacial score (nSPS) is 14.9. The number of hydrogen-bond donors (Lipinski definition) is 4. The Kier molecular flexibility index (Phi) is 8.71. The lowest BCUT2D eigenvalue weighted by molar-refractivity contribution is -0.192. The van der Waals surface area contributed by atoms with Crippen LogP contribution in [0.25, 0.3) is 0 Å². The van der Waals surface area contributed by atoms with Crippen molar-refractivity contribution in [2.45, 2.75) is 19.1 Å². The number of piperazine rings is 1. The molecular formula is C24H25F3N4O6. The van der Waals surface area contributed by atoms with Crippen molar-refractivity contribution in [3.05, 3.63) is 59.2 Å². The molecule has 0 aromatic heterocycles. The summed E-state index contributed by atoms with van der Waals surface area (Å²) >= 11 is 0. The number of nitrogens with zero attached hydrogens (tertiary/aromatic N) is 2. The Bertz CT molecular complexity index is 1160. The molecule has 1 saturated heterocycles. The number of halogens is 3. The molecule has 2 amide bonds. The number of amides is 2. The SMILES string of the molecule is O=C(O)C(F)(F)F.O=C(O)CCN1Cc2ccc(NC(=O)c3ccc(N4CCNCC4)cc3)cc2C1=O. The molecule has 0 bridgehead atoms. The Labute approximate surface area is 209 Å². The summed E-state index contributed by atoms with van der Waals surface area (Å²) in [6.45, 7) is 4.35. The molecule has 13 heteroatoms. The van der Waals surface area contributed by atoms with Crippen molar-refractivity contribution < 1.29 is 42.6 Å². The zero-order valence-corrected chi connectivity index (χ0v) is 19.5. The zero-order chi connectivity index (χ0) is 27.2. The van der Waals surface area contributed by atoms with Crippen LogP contribution in [-0.2, 0) is 16.1 Å². The van der Waals surface area contributed by atoms with E-state index in [9.17, 15) is 27.6 Å². The Morgan fingerprint density at radius 2 is 1.62 bits per heavy atom. The number of nitrogens with one attached hydrogen (secondary N) is 2. The van der Waals surface area contributed by atoms with E-state index in [1.165, 1.54) is 4.90 Å².